The van der Waals surface area contributed by atoms with Crippen molar-refractivity contribution in [2.45, 2.75) is 20.8 Å². The molecule has 25 heavy (non-hydrogen) atoms. The molecule has 6 nitrogen and oxygen atoms in total. The fourth-order valence-electron chi connectivity index (χ4n) is 1.77. The van der Waals surface area contributed by atoms with Crippen molar-refractivity contribution < 1.29 is 23.1 Å². The molecule has 0 unspecified atom stereocenters. The van der Waals surface area contributed by atoms with E-state index in [1.165, 1.54) is 24.4 Å². The SMILES string of the molecule is CC(C)(C)C(=O)Nc1ccc(F)c(F)c1Oc1ccnc(C(N)=O)c1. The maximum Gasteiger partial charge on any atom is 0.267 e. The van der Waals surface area contributed by atoms with E-state index in [4.69, 9.17) is 10.5 Å². The molecule has 1 aromatic heterocycles. The van der Waals surface area contributed by atoms with E-state index < -0.39 is 34.6 Å². The zero-order valence-electron chi connectivity index (χ0n) is 13.9. The molecule has 0 saturated carbocycles. The van der Waals surface area contributed by atoms with Crippen LogP contribution in [0.25, 0.3) is 0 Å². The molecule has 2 rings (SSSR count). The van der Waals surface area contributed by atoms with Crippen LogP contribution in [0.3, 0.4) is 0 Å². The fourth-order valence-corrected chi connectivity index (χ4v) is 1.77. The average molecular weight is 349 g/mol. The number of carbonyl (C=O) groups excluding carboxylic acids is 2. The second-order valence-corrected chi connectivity index (χ2v) is 6.29. The van der Waals surface area contributed by atoms with Gasteiger partial charge in [-0.1, -0.05) is 20.8 Å². The Hall–Kier alpha value is -3.03. The average Bonchev–Trinajstić information content (AvgIpc) is 2.53. The highest BCUT2D eigenvalue weighted by molar-refractivity contribution is 5.96. The number of amides is 2. The van der Waals surface area contributed by atoms with Crippen LogP contribution in [0.4, 0.5) is 14.5 Å². The summed E-state index contributed by atoms with van der Waals surface area (Å²) in [7, 11) is 0. The molecule has 2 amide bonds. The number of pyridine rings is 1. The van der Waals surface area contributed by atoms with Gasteiger partial charge in [0.1, 0.15) is 11.4 Å². The lowest BCUT2D eigenvalue weighted by Gasteiger charge is -2.19. The number of ether oxygens (including phenoxy) is 1. The quantitative estimate of drug-likeness (QED) is 0.886. The van der Waals surface area contributed by atoms with Crippen molar-refractivity contribution >= 4 is 17.5 Å². The lowest BCUT2D eigenvalue weighted by molar-refractivity contribution is -0.123. The van der Waals surface area contributed by atoms with Crippen LogP contribution in [0, 0.1) is 17.0 Å². The van der Waals surface area contributed by atoms with E-state index in [9.17, 15) is 18.4 Å². The number of anilines is 1. The summed E-state index contributed by atoms with van der Waals surface area (Å²) in [6, 6.07) is 4.59. The largest absolute Gasteiger partial charge is 0.452 e. The Kier molecular flexibility index (Phi) is 5.01. The monoisotopic (exact) mass is 349 g/mol. The van der Waals surface area contributed by atoms with Crippen LogP contribution in [-0.4, -0.2) is 16.8 Å². The van der Waals surface area contributed by atoms with Crippen molar-refractivity contribution in [2.75, 3.05) is 5.32 Å². The Morgan fingerprint density at radius 3 is 2.48 bits per heavy atom. The minimum absolute atomic E-state index is 0.0135. The van der Waals surface area contributed by atoms with Crippen LogP contribution in [-0.2, 0) is 4.79 Å². The van der Waals surface area contributed by atoms with Gasteiger partial charge in [0.15, 0.2) is 11.6 Å². The molecule has 0 aliphatic rings. The van der Waals surface area contributed by atoms with Gasteiger partial charge in [0.2, 0.25) is 11.7 Å². The standard InChI is InChI=1S/C17H17F2N3O3/c1-17(2,3)16(24)22-11-5-4-10(18)13(19)14(11)25-9-6-7-21-12(8-9)15(20)23/h4-8H,1-3H3,(H2,20,23)(H,22,24). The Balaban J connectivity index is 2.42. The van der Waals surface area contributed by atoms with E-state index in [-0.39, 0.29) is 17.1 Å². The first-order chi connectivity index (χ1) is 11.6. The number of aromatic nitrogens is 1. The van der Waals surface area contributed by atoms with Gasteiger partial charge in [-0.05, 0) is 18.2 Å². The van der Waals surface area contributed by atoms with Crippen molar-refractivity contribution in [1.29, 1.82) is 0 Å². The second kappa shape index (κ2) is 6.84. The topological polar surface area (TPSA) is 94.3 Å². The molecule has 132 valence electrons. The first-order valence-electron chi connectivity index (χ1n) is 7.32. The van der Waals surface area contributed by atoms with Crippen molar-refractivity contribution in [3.8, 4) is 11.5 Å². The molecule has 2 aromatic rings. The fraction of sp³-hybridized carbons (Fsp3) is 0.235. The third kappa shape index (κ3) is 4.28. The summed E-state index contributed by atoms with van der Waals surface area (Å²) in [6.45, 7) is 5.01. The number of rotatable bonds is 4. The summed E-state index contributed by atoms with van der Waals surface area (Å²) in [4.78, 5) is 27.0. The first kappa shape index (κ1) is 18.3. The Labute approximate surface area is 143 Å². The zero-order valence-corrected chi connectivity index (χ0v) is 13.9. The molecular weight excluding hydrogens is 332 g/mol. The summed E-state index contributed by atoms with van der Waals surface area (Å²) in [5.74, 6) is -4.13. The maximum absolute atomic E-state index is 14.2. The van der Waals surface area contributed by atoms with Gasteiger partial charge in [-0.15, -0.1) is 0 Å². The molecule has 0 radical (unpaired) electrons. The molecule has 0 spiro atoms. The van der Waals surface area contributed by atoms with Crippen LogP contribution in [0.2, 0.25) is 0 Å². The van der Waals surface area contributed by atoms with E-state index in [2.05, 4.69) is 10.3 Å². The highest BCUT2D eigenvalue weighted by Crippen LogP contribution is 2.34. The third-order valence-corrected chi connectivity index (χ3v) is 3.18. The normalized spacial score (nSPS) is 11.1. The molecular formula is C17H17F2N3O3. The van der Waals surface area contributed by atoms with Crippen molar-refractivity contribution in [3.05, 3.63) is 47.8 Å². The van der Waals surface area contributed by atoms with E-state index in [0.29, 0.717) is 0 Å². The molecule has 0 fully saturated rings. The lowest BCUT2D eigenvalue weighted by Crippen LogP contribution is -2.27. The van der Waals surface area contributed by atoms with E-state index in [1.54, 1.807) is 20.8 Å². The number of halogens is 2. The first-order valence-corrected chi connectivity index (χ1v) is 7.32. The smallest absolute Gasteiger partial charge is 0.267 e. The zero-order chi connectivity index (χ0) is 18.8. The second-order valence-electron chi connectivity index (χ2n) is 6.29. The van der Waals surface area contributed by atoms with Crippen LogP contribution >= 0.6 is 0 Å². The van der Waals surface area contributed by atoms with Crippen LogP contribution in [0.1, 0.15) is 31.3 Å². The molecule has 3 N–H and O–H groups in total. The van der Waals surface area contributed by atoms with E-state index in [0.717, 1.165) is 6.07 Å². The van der Waals surface area contributed by atoms with Gasteiger partial charge in [0, 0.05) is 17.7 Å². The van der Waals surface area contributed by atoms with Gasteiger partial charge in [-0.25, -0.2) is 4.39 Å². The molecule has 1 aromatic carbocycles. The number of primary amides is 1. The summed E-state index contributed by atoms with van der Waals surface area (Å²) >= 11 is 0. The minimum Gasteiger partial charge on any atom is -0.452 e. The van der Waals surface area contributed by atoms with Crippen molar-refractivity contribution in [2.24, 2.45) is 11.1 Å². The van der Waals surface area contributed by atoms with Crippen molar-refractivity contribution in [1.82, 2.24) is 4.98 Å². The van der Waals surface area contributed by atoms with Crippen LogP contribution in [0.15, 0.2) is 30.5 Å². The minimum atomic E-state index is -1.27. The maximum atomic E-state index is 14.2. The van der Waals surface area contributed by atoms with Gasteiger partial charge < -0.3 is 15.8 Å². The van der Waals surface area contributed by atoms with E-state index in [1.807, 2.05) is 0 Å². The molecule has 0 atom stereocenters. The highest BCUT2D eigenvalue weighted by Gasteiger charge is 2.24. The van der Waals surface area contributed by atoms with E-state index >= 15 is 0 Å². The molecule has 0 aliphatic heterocycles. The summed E-state index contributed by atoms with van der Waals surface area (Å²) < 4.78 is 33.1. The number of nitrogens with two attached hydrogens (primary N) is 1. The predicted molar refractivity (Wildman–Crippen MR) is 87.3 cm³/mol. The summed E-state index contributed by atoms with van der Waals surface area (Å²) in [5.41, 5.74) is 4.23. The number of nitrogens with one attached hydrogen (secondary N) is 1. The number of carbonyl (C=O) groups is 2. The number of benzene rings is 1. The Morgan fingerprint density at radius 2 is 1.88 bits per heavy atom. The summed E-state index contributed by atoms with van der Waals surface area (Å²) in [5, 5.41) is 2.50. The van der Waals surface area contributed by atoms with Gasteiger partial charge in [-0.3, -0.25) is 14.6 Å². The Bertz CT molecular complexity index is 832. The van der Waals surface area contributed by atoms with Gasteiger partial charge in [-0.2, -0.15) is 4.39 Å². The molecule has 0 saturated heterocycles. The molecule has 0 aliphatic carbocycles. The molecule has 8 heteroatoms. The van der Waals surface area contributed by atoms with Gasteiger partial charge in [0.05, 0.1) is 5.69 Å². The third-order valence-electron chi connectivity index (χ3n) is 3.18. The number of hydrogen-bond acceptors (Lipinski definition) is 4. The summed E-state index contributed by atoms with van der Waals surface area (Å²) in [6.07, 6.45) is 1.24. The highest BCUT2D eigenvalue weighted by atomic mass is 19.2. The lowest BCUT2D eigenvalue weighted by atomic mass is 9.95. The van der Waals surface area contributed by atoms with Crippen LogP contribution in [0.5, 0.6) is 11.5 Å². The molecule has 1 heterocycles. The molecule has 0 bridgehead atoms. The van der Waals surface area contributed by atoms with Gasteiger partial charge in [0.25, 0.3) is 5.91 Å². The number of hydrogen-bond donors (Lipinski definition) is 2. The predicted octanol–water partition coefficient (Wildman–Crippen LogP) is 3.24. The van der Waals surface area contributed by atoms with Crippen molar-refractivity contribution in [3.63, 3.8) is 0 Å². The van der Waals surface area contributed by atoms with Crippen LogP contribution < -0.4 is 15.8 Å². The van der Waals surface area contributed by atoms with Gasteiger partial charge >= 0.3 is 0 Å². The number of nitrogens with zero attached hydrogens (tertiary/aromatic N) is 1. The Morgan fingerprint density at radius 1 is 1.20 bits per heavy atom.